The normalized spacial score (nSPS) is 14.8. The van der Waals surface area contributed by atoms with Gasteiger partial charge in [-0.2, -0.15) is 0 Å². The second kappa shape index (κ2) is 11.4. The zero-order chi connectivity index (χ0) is 38.4. The highest BCUT2D eigenvalue weighted by Gasteiger charge is 2.51. The zero-order valence-corrected chi connectivity index (χ0v) is 33.9. The molecule has 1 aromatic heterocycles. The molecule has 0 N–H and O–H groups in total. The molecule has 12 rings (SSSR count). The first-order chi connectivity index (χ1) is 27.7. The predicted octanol–water partition coefficient (Wildman–Crippen LogP) is 11.5. The van der Waals surface area contributed by atoms with Crippen molar-refractivity contribution in [3.8, 4) is 22.3 Å². The van der Waals surface area contributed by atoms with Crippen molar-refractivity contribution in [2.45, 2.75) is 39.3 Å². The summed E-state index contributed by atoms with van der Waals surface area (Å²) in [4.78, 5) is 5.33. The maximum atomic E-state index is 6.75. The maximum Gasteiger partial charge on any atom is 0.333 e. The summed E-state index contributed by atoms with van der Waals surface area (Å²) in [6, 6.07) is 59.2. The van der Waals surface area contributed by atoms with Crippen molar-refractivity contribution in [3.63, 3.8) is 0 Å². The minimum atomic E-state index is -2.09. The van der Waals surface area contributed by atoms with E-state index in [9.17, 15) is 0 Å². The van der Waals surface area contributed by atoms with Gasteiger partial charge >= 0.3 is 6.85 Å². The minimum Gasteiger partial charge on any atom is -0.456 e. The Morgan fingerprint density at radius 3 is 2.11 bits per heavy atom. The molecule has 0 aliphatic carbocycles. The Balaban J connectivity index is 1.30. The van der Waals surface area contributed by atoms with Crippen LogP contribution in [-0.4, -0.2) is 14.9 Å². The van der Waals surface area contributed by atoms with Crippen LogP contribution in [0.5, 0.6) is 0 Å². The van der Waals surface area contributed by atoms with Crippen molar-refractivity contribution in [2.75, 3.05) is 9.71 Å². The Labute approximate surface area is 334 Å². The summed E-state index contributed by atoms with van der Waals surface area (Å²) >= 11 is 0. The van der Waals surface area contributed by atoms with E-state index in [2.05, 4.69) is 201 Å². The third-order valence-corrected chi connectivity index (χ3v) is 16.7. The lowest BCUT2D eigenvalue weighted by atomic mass is 9.42. The van der Waals surface area contributed by atoms with Crippen LogP contribution in [-0.2, 0) is 5.41 Å². The van der Waals surface area contributed by atoms with Crippen LogP contribution in [0.4, 0.5) is 28.4 Å². The van der Waals surface area contributed by atoms with Crippen LogP contribution in [0.3, 0.4) is 0 Å². The molecule has 0 radical (unpaired) electrons. The van der Waals surface area contributed by atoms with Crippen molar-refractivity contribution in [1.29, 1.82) is 0 Å². The topological polar surface area (TPSA) is 19.6 Å². The lowest BCUT2D eigenvalue weighted by Crippen LogP contribution is -2.68. The summed E-state index contributed by atoms with van der Waals surface area (Å²) in [7, 11) is -2.09. The van der Waals surface area contributed by atoms with Crippen LogP contribution in [0.25, 0.3) is 55.0 Å². The van der Waals surface area contributed by atoms with Gasteiger partial charge < -0.3 is 14.1 Å². The Morgan fingerprint density at radius 2 is 1.26 bits per heavy atom. The van der Waals surface area contributed by atoms with Gasteiger partial charge in [-0.25, -0.2) is 0 Å². The van der Waals surface area contributed by atoms with Crippen molar-refractivity contribution in [2.24, 2.45) is 0 Å². The summed E-state index contributed by atoms with van der Waals surface area (Å²) in [6.45, 7) is 11.9. The number of nitrogens with zero attached hydrogens (tertiary/aromatic N) is 2. The molecule has 5 heteroatoms. The van der Waals surface area contributed by atoms with E-state index in [1.54, 1.807) is 0 Å². The van der Waals surface area contributed by atoms with Gasteiger partial charge in [-0.05, 0) is 96.6 Å². The molecule has 0 unspecified atom stereocenters. The van der Waals surface area contributed by atoms with E-state index in [1.165, 1.54) is 93.7 Å². The van der Waals surface area contributed by atoms with Gasteiger partial charge in [-0.3, -0.25) is 0 Å². The summed E-state index contributed by atoms with van der Waals surface area (Å²) in [5.74, 6) is 0. The lowest BCUT2D eigenvalue weighted by Gasteiger charge is -2.51. The minimum absolute atomic E-state index is 0.0168. The molecule has 3 aliphatic heterocycles. The Kier molecular flexibility index (Phi) is 6.58. The number of anilines is 5. The van der Waals surface area contributed by atoms with Crippen LogP contribution < -0.4 is 31.0 Å². The summed E-state index contributed by atoms with van der Waals surface area (Å²) < 4.78 is 6.75. The second-order valence-corrected chi connectivity index (χ2v) is 22.0. The number of para-hydroxylation sites is 3. The van der Waals surface area contributed by atoms with Crippen LogP contribution in [0.15, 0.2) is 162 Å². The number of hydrogen-bond donors (Lipinski definition) is 0. The molecule has 0 bridgehead atoms. The van der Waals surface area contributed by atoms with E-state index in [0.29, 0.717) is 0 Å². The van der Waals surface area contributed by atoms with Gasteiger partial charge in [0.1, 0.15) is 19.2 Å². The van der Waals surface area contributed by atoms with Gasteiger partial charge in [0.05, 0.1) is 5.69 Å². The van der Waals surface area contributed by atoms with Gasteiger partial charge in [0.15, 0.2) is 0 Å². The van der Waals surface area contributed by atoms with E-state index < -0.39 is 8.07 Å². The Morgan fingerprint density at radius 1 is 0.544 bits per heavy atom. The van der Waals surface area contributed by atoms with Gasteiger partial charge in [0.25, 0.3) is 0 Å². The maximum absolute atomic E-state index is 6.75. The highest BCUT2D eigenvalue weighted by molar-refractivity contribution is 7.05. The van der Waals surface area contributed by atoms with E-state index >= 15 is 0 Å². The Bertz CT molecular complexity index is 3180. The monoisotopic (exact) mass is 748 g/mol. The molecule has 0 amide bonds. The third kappa shape index (κ3) is 4.38. The molecule has 9 aromatic rings. The van der Waals surface area contributed by atoms with Crippen LogP contribution in [0.2, 0.25) is 13.1 Å². The van der Waals surface area contributed by atoms with Crippen LogP contribution in [0, 0.1) is 0 Å². The molecular weight excluding hydrogens is 707 g/mol. The highest BCUT2D eigenvalue weighted by atomic mass is 28.3. The first-order valence-electron chi connectivity index (χ1n) is 20.2. The first-order valence-corrected chi connectivity index (χ1v) is 23.2. The number of benzene rings is 8. The average molecular weight is 749 g/mol. The summed E-state index contributed by atoms with van der Waals surface area (Å²) in [5, 5.41) is 7.87. The SMILES string of the molecule is CC(C)(C)c1ccc(N2c3cc4ccccc4c4c3B(c3c2ccc2oc5ccccc5c32)N2c3ccccc3[Si](C)(C)c3cccc-4c32)c(-c2ccccc2)c1. The molecule has 4 heterocycles. The number of hydrogen-bond acceptors (Lipinski definition) is 3. The quantitative estimate of drug-likeness (QED) is 0.164. The Hall–Kier alpha value is -6.30. The van der Waals surface area contributed by atoms with E-state index in [4.69, 9.17) is 4.42 Å². The molecule has 3 nitrogen and oxygen atoms in total. The predicted molar refractivity (Wildman–Crippen MR) is 246 cm³/mol. The van der Waals surface area contributed by atoms with Crippen molar-refractivity contribution in [3.05, 3.63) is 163 Å². The first kappa shape index (κ1) is 32.9. The molecule has 8 aromatic carbocycles. The number of rotatable bonds is 2. The van der Waals surface area contributed by atoms with Crippen molar-refractivity contribution >= 4 is 97.4 Å². The fourth-order valence-corrected chi connectivity index (χ4v) is 13.5. The zero-order valence-electron chi connectivity index (χ0n) is 32.9. The molecule has 0 atom stereocenters. The van der Waals surface area contributed by atoms with E-state index in [1.807, 2.05) is 0 Å². The fraction of sp³-hybridized carbons (Fsp3) is 0.115. The van der Waals surface area contributed by atoms with Gasteiger partial charge in [0, 0.05) is 44.6 Å². The molecule has 0 saturated heterocycles. The molecular formula is C52H41BN2OSi. The summed E-state index contributed by atoms with van der Waals surface area (Å²) in [5.41, 5.74) is 17.2. The largest absolute Gasteiger partial charge is 0.456 e. The smallest absolute Gasteiger partial charge is 0.333 e. The second-order valence-electron chi connectivity index (χ2n) is 17.7. The van der Waals surface area contributed by atoms with Gasteiger partial charge in [0.2, 0.25) is 0 Å². The van der Waals surface area contributed by atoms with E-state index in [0.717, 1.165) is 16.6 Å². The average Bonchev–Trinajstić information content (AvgIpc) is 3.62. The molecule has 3 aliphatic rings. The molecule has 272 valence electrons. The standard InChI is InChI=1S/C52H41BN2OSi/c1-52(2,3)34-26-27-39(38(31-34)32-16-7-6-8-17-32)54-41-28-29-44-48(36-20-11-13-23-43(36)56-44)49(41)53-50-42(54)30-33-18-9-10-19-35(33)47(50)37-21-15-25-46-51(37)55(53)40-22-12-14-24-45(40)57(46,4)5/h6-31H,1-5H3. The van der Waals surface area contributed by atoms with Gasteiger partial charge in [-0.15, -0.1) is 0 Å². The van der Waals surface area contributed by atoms with Crippen molar-refractivity contribution < 1.29 is 4.42 Å². The lowest BCUT2D eigenvalue weighted by molar-refractivity contribution is 0.590. The van der Waals surface area contributed by atoms with E-state index in [-0.39, 0.29) is 12.3 Å². The highest BCUT2D eigenvalue weighted by Crippen LogP contribution is 2.52. The number of furan rings is 1. The van der Waals surface area contributed by atoms with Gasteiger partial charge in [-0.1, -0.05) is 149 Å². The summed E-state index contributed by atoms with van der Waals surface area (Å²) in [6.07, 6.45) is 0. The molecule has 0 saturated carbocycles. The molecule has 57 heavy (non-hydrogen) atoms. The number of fused-ring (bicyclic) bond motifs is 12. The fourth-order valence-electron chi connectivity index (χ4n) is 10.5. The van der Waals surface area contributed by atoms with Crippen molar-refractivity contribution in [1.82, 2.24) is 0 Å². The molecule has 0 fully saturated rings. The third-order valence-electron chi connectivity index (χ3n) is 13.2. The van der Waals surface area contributed by atoms with Crippen LogP contribution >= 0.6 is 0 Å². The molecule has 0 spiro atoms. The van der Waals surface area contributed by atoms with Crippen LogP contribution in [0.1, 0.15) is 26.3 Å².